The van der Waals surface area contributed by atoms with Crippen molar-refractivity contribution < 1.29 is 4.42 Å². The van der Waals surface area contributed by atoms with Gasteiger partial charge in [0, 0.05) is 27.1 Å². The van der Waals surface area contributed by atoms with E-state index in [1.54, 1.807) is 0 Å². The summed E-state index contributed by atoms with van der Waals surface area (Å²) in [7, 11) is 0. The first-order valence-electron chi connectivity index (χ1n) is 15.6. The first-order valence-corrected chi connectivity index (χ1v) is 15.6. The van der Waals surface area contributed by atoms with Crippen molar-refractivity contribution in [2.45, 2.75) is 6.92 Å². The van der Waals surface area contributed by atoms with Crippen LogP contribution in [0, 0.1) is 0 Å². The average molecular weight is 574 g/mol. The van der Waals surface area contributed by atoms with Crippen LogP contribution in [0.2, 0.25) is 0 Å². The van der Waals surface area contributed by atoms with E-state index in [0.29, 0.717) is 0 Å². The Morgan fingerprint density at radius 1 is 0.511 bits per heavy atom. The Balaban J connectivity index is 1.21. The molecule has 0 saturated heterocycles. The minimum absolute atomic E-state index is 0.918. The van der Waals surface area contributed by atoms with Crippen molar-refractivity contribution in [1.82, 2.24) is 4.57 Å². The highest BCUT2D eigenvalue weighted by Crippen LogP contribution is 2.48. The molecule has 10 rings (SSSR count). The largest absolute Gasteiger partial charge is 0.456 e. The summed E-state index contributed by atoms with van der Waals surface area (Å²) >= 11 is 0. The monoisotopic (exact) mass is 573 g/mol. The van der Waals surface area contributed by atoms with Gasteiger partial charge in [0.15, 0.2) is 0 Å². The first kappa shape index (κ1) is 24.6. The maximum Gasteiger partial charge on any atom is 0.136 e. The molecule has 0 unspecified atom stereocenters. The van der Waals surface area contributed by atoms with Gasteiger partial charge in [0.1, 0.15) is 11.2 Å². The van der Waals surface area contributed by atoms with Crippen LogP contribution in [-0.4, -0.2) is 4.57 Å². The maximum atomic E-state index is 6.30. The fourth-order valence-corrected chi connectivity index (χ4v) is 7.76. The molecule has 0 fully saturated rings. The van der Waals surface area contributed by atoms with Crippen molar-refractivity contribution in [2.24, 2.45) is 0 Å². The SMILES string of the molecule is C/C=C1/c2ccccc2-c2cccc(-n3c4ccccc4c4cc(-c5ccc6oc7ccc8ccccc8c7c6c5)ccc43)c21. The van der Waals surface area contributed by atoms with Crippen LogP contribution in [0.5, 0.6) is 0 Å². The molecular weight excluding hydrogens is 546 g/mol. The van der Waals surface area contributed by atoms with Gasteiger partial charge in [0.25, 0.3) is 0 Å². The van der Waals surface area contributed by atoms with Crippen LogP contribution >= 0.6 is 0 Å². The van der Waals surface area contributed by atoms with Crippen LogP contribution in [0.1, 0.15) is 18.1 Å². The summed E-state index contributed by atoms with van der Waals surface area (Å²) in [6, 6.07) is 50.7. The van der Waals surface area contributed by atoms with Gasteiger partial charge in [-0.05, 0) is 93.6 Å². The molecule has 0 N–H and O–H groups in total. The van der Waals surface area contributed by atoms with E-state index in [1.807, 2.05) is 0 Å². The molecule has 2 heterocycles. The normalized spacial score (nSPS) is 13.5. The van der Waals surface area contributed by atoms with E-state index in [1.165, 1.54) is 82.6 Å². The van der Waals surface area contributed by atoms with Crippen LogP contribution in [0.3, 0.4) is 0 Å². The molecule has 0 aliphatic heterocycles. The van der Waals surface area contributed by atoms with Crippen molar-refractivity contribution in [2.75, 3.05) is 0 Å². The third kappa shape index (κ3) is 3.34. The average Bonchev–Trinajstić information content (AvgIpc) is 3.75. The Labute approximate surface area is 260 Å². The summed E-state index contributed by atoms with van der Waals surface area (Å²) in [5, 5.41) is 7.29. The van der Waals surface area contributed by atoms with Crippen molar-refractivity contribution in [3.63, 3.8) is 0 Å². The van der Waals surface area contributed by atoms with Crippen LogP contribution in [-0.2, 0) is 0 Å². The lowest BCUT2D eigenvalue weighted by atomic mass is 9.99. The van der Waals surface area contributed by atoms with Crippen LogP contribution in [0.4, 0.5) is 0 Å². The number of para-hydroxylation sites is 1. The van der Waals surface area contributed by atoms with Crippen molar-refractivity contribution in [1.29, 1.82) is 0 Å². The second kappa shape index (κ2) is 9.07. The minimum atomic E-state index is 0.918. The highest BCUT2D eigenvalue weighted by atomic mass is 16.3. The molecule has 2 aromatic heterocycles. The number of nitrogens with zero attached hydrogens (tertiary/aromatic N) is 1. The topological polar surface area (TPSA) is 18.1 Å². The van der Waals surface area contributed by atoms with Gasteiger partial charge in [-0.2, -0.15) is 0 Å². The molecule has 210 valence electrons. The van der Waals surface area contributed by atoms with Crippen LogP contribution in [0.25, 0.3) is 88.0 Å². The lowest BCUT2D eigenvalue weighted by molar-refractivity contribution is 0.669. The summed E-state index contributed by atoms with van der Waals surface area (Å²) in [6.07, 6.45) is 2.26. The molecule has 0 spiro atoms. The van der Waals surface area contributed by atoms with Gasteiger partial charge in [0.05, 0.1) is 16.7 Å². The number of hydrogen-bond acceptors (Lipinski definition) is 1. The summed E-state index contributed by atoms with van der Waals surface area (Å²) < 4.78 is 8.76. The van der Waals surface area contributed by atoms with Gasteiger partial charge in [0.2, 0.25) is 0 Å². The van der Waals surface area contributed by atoms with E-state index in [4.69, 9.17) is 4.42 Å². The summed E-state index contributed by atoms with van der Waals surface area (Å²) in [6.45, 7) is 2.15. The Morgan fingerprint density at radius 3 is 2.09 bits per heavy atom. The van der Waals surface area contributed by atoms with Gasteiger partial charge < -0.3 is 8.98 Å². The van der Waals surface area contributed by atoms with E-state index in [0.717, 1.165) is 16.6 Å². The fourth-order valence-electron chi connectivity index (χ4n) is 7.76. The van der Waals surface area contributed by atoms with E-state index >= 15 is 0 Å². The van der Waals surface area contributed by atoms with Gasteiger partial charge in [-0.3, -0.25) is 0 Å². The minimum Gasteiger partial charge on any atom is -0.456 e. The van der Waals surface area contributed by atoms with Crippen molar-refractivity contribution in [3.05, 3.63) is 157 Å². The van der Waals surface area contributed by atoms with Crippen molar-refractivity contribution in [3.8, 4) is 27.9 Å². The zero-order valence-corrected chi connectivity index (χ0v) is 24.7. The molecule has 0 radical (unpaired) electrons. The first-order chi connectivity index (χ1) is 22.3. The Hall–Kier alpha value is -5.86. The predicted molar refractivity (Wildman–Crippen MR) is 189 cm³/mol. The van der Waals surface area contributed by atoms with E-state index in [9.17, 15) is 0 Å². The maximum absolute atomic E-state index is 6.30. The zero-order chi connectivity index (χ0) is 29.6. The van der Waals surface area contributed by atoms with Crippen molar-refractivity contribution >= 4 is 60.1 Å². The molecule has 2 nitrogen and oxygen atoms in total. The fraction of sp³-hybridized carbons (Fsp3) is 0.0233. The lowest BCUT2D eigenvalue weighted by Gasteiger charge is -2.14. The molecule has 2 heteroatoms. The number of hydrogen-bond donors (Lipinski definition) is 0. The molecule has 45 heavy (non-hydrogen) atoms. The smallest absolute Gasteiger partial charge is 0.136 e. The van der Waals surface area contributed by atoms with Gasteiger partial charge in [-0.25, -0.2) is 0 Å². The highest BCUT2D eigenvalue weighted by molar-refractivity contribution is 6.19. The Morgan fingerprint density at radius 2 is 1.20 bits per heavy atom. The third-order valence-corrected chi connectivity index (χ3v) is 9.71. The molecule has 0 amide bonds. The Kier molecular flexibility index (Phi) is 4.95. The summed E-state index contributed by atoms with van der Waals surface area (Å²) in [5.74, 6) is 0. The highest BCUT2D eigenvalue weighted by Gasteiger charge is 2.27. The molecule has 9 aromatic rings. The number of allylic oxidation sites excluding steroid dienone is 1. The molecular formula is C43H27NO. The van der Waals surface area contributed by atoms with E-state index in [-0.39, 0.29) is 0 Å². The van der Waals surface area contributed by atoms with Crippen LogP contribution in [0.15, 0.2) is 150 Å². The van der Waals surface area contributed by atoms with Gasteiger partial charge >= 0.3 is 0 Å². The molecule has 7 aromatic carbocycles. The lowest BCUT2D eigenvalue weighted by Crippen LogP contribution is -1.98. The second-order valence-corrected chi connectivity index (χ2v) is 12.0. The zero-order valence-electron chi connectivity index (χ0n) is 24.7. The molecule has 1 aliphatic rings. The summed E-state index contributed by atoms with van der Waals surface area (Å²) in [4.78, 5) is 0. The number of furan rings is 1. The number of benzene rings is 7. The number of fused-ring (bicyclic) bond motifs is 11. The Bertz CT molecular complexity index is 2720. The van der Waals surface area contributed by atoms with Gasteiger partial charge in [-0.1, -0.05) is 103 Å². The quantitative estimate of drug-likeness (QED) is 0.201. The van der Waals surface area contributed by atoms with Crippen LogP contribution < -0.4 is 0 Å². The van der Waals surface area contributed by atoms with Gasteiger partial charge in [-0.15, -0.1) is 0 Å². The third-order valence-electron chi connectivity index (χ3n) is 9.71. The second-order valence-electron chi connectivity index (χ2n) is 12.0. The summed E-state index contributed by atoms with van der Waals surface area (Å²) in [5.41, 5.74) is 14.4. The van der Waals surface area contributed by atoms with E-state index in [2.05, 4.69) is 157 Å². The molecule has 1 aliphatic carbocycles. The van der Waals surface area contributed by atoms with E-state index < -0.39 is 0 Å². The molecule has 0 atom stereocenters. The number of rotatable bonds is 2. The molecule has 0 saturated carbocycles. The number of aromatic nitrogens is 1. The molecule has 0 bridgehead atoms. The predicted octanol–water partition coefficient (Wildman–Crippen LogP) is 11.9. The standard InChI is InChI=1S/C43H27NO/c1-2-29-31-12-5-6-13-32(31)34-15-9-17-39(42(29)34)44-37-16-8-7-14-33(37)35-24-27(18-21-38(35)44)28-20-22-40-36(25-28)43-30-11-4-3-10-26(30)19-23-41(43)45-40/h2-25H,1H3/b29-2-.